The molecule has 0 aliphatic carbocycles. The van der Waals surface area contributed by atoms with E-state index >= 15 is 0 Å². The summed E-state index contributed by atoms with van der Waals surface area (Å²) in [7, 11) is 0. The predicted molar refractivity (Wildman–Crippen MR) is 95.3 cm³/mol. The summed E-state index contributed by atoms with van der Waals surface area (Å²) in [6.45, 7) is 5.02. The van der Waals surface area contributed by atoms with Gasteiger partial charge < -0.3 is 15.5 Å². The molecule has 128 valence electrons. The van der Waals surface area contributed by atoms with E-state index in [9.17, 15) is 4.79 Å². The number of carbonyl (C=O) groups is 1. The van der Waals surface area contributed by atoms with Crippen molar-refractivity contribution in [2.24, 2.45) is 5.92 Å². The zero-order valence-electron chi connectivity index (χ0n) is 13.7. The Balaban J connectivity index is 1.36. The number of carbonyl (C=O) groups excluding carboxylic acids is 1. The van der Waals surface area contributed by atoms with Gasteiger partial charge in [-0.3, -0.25) is 9.78 Å². The minimum atomic E-state index is 0.0961. The Bertz CT molecular complexity index is 654. The van der Waals surface area contributed by atoms with Crippen molar-refractivity contribution in [3.05, 3.63) is 29.7 Å². The molecule has 24 heavy (non-hydrogen) atoms. The molecule has 1 saturated heterocycles. The van der Waals surface area contributed by atoms with Crippen LogP contribution in [0.15, 0.2) is 24.0 Å². The average Bonchev–Trinajstić information content (AvgIpc) is 3.06. The number of piperidine rings is 1. The fourth-order valence-corrected chi connectivity index (χ4v) is 3.59. The first-order valence-corrected chi connectivity index (χ1v) is 9.05. The van der Waals surface area contributed by atoms with Gasteiger partial charge in [-0.1, -0.05) is 0 Å². The largest absolute Gasteiger partial charge is 0.367 e. The number of hydrogen-bond acceptors (Lipinski definition) is 7. The topological polar surface area (TPSA) is 83.0 Å². The van der Waals surface area contributed by atoms with E-state index in [1.165, 1.54) is 0 Å². The van der Waals surface area contributed by atoms with Crippen LogP contribution in [0, 0.1) is 12.8 Å². The molecule has 2 N–H and O–H groups in total. The SMILES string of the molecule is Cc1csc(N2CCC(C(=O)NCCNc3cnccn3)CC2)n1. The molecule has 3 heterocycles. The average molecular weight is 346 g/mol. The molecule has 0 aromatic carbocycles. The van der Waals surface area contributed by atoms with Gasteiger partial charge >= 0.3 is 0 Å². The van der Waals surface area contributed by atoms with E-state index in [1.54, 1.807) is 29.9 Å². The Morgan fingerprint density at radius 1 is 1.33 bits per heavy atom. The molecular formula is C16H22N6OS. The van der Waals surface area contributed by atoms with E-state index in [4.69, 9.17) is 0 Å². The third-order valence-electron chi connectivity index (χ3n) is 4.04. The number of aryl methyl sites for hydroxylation is 1. The second kappa shape index (κ2) is 8.05. The van der Waals surface area contributed by atoms with Gasteiger partial charge in [-0.15, -0.1) is 11.3 Å². The Hall–Kier alpha value is -2.22. The number of anilines is 2. The molecule has 7 nitrogen and oxygen atoms in total. The number of nitrogens with zero attached hydrogens (tertiary/aromatic N) is 4. The molecule has 0 bridgehead atoms. The fraction of sp³-hybridized carbons (Fsp3) is 0.500. The quantitative estimate of drug-likeness (QED) is 0.775. The van der Waals surface area contributed by atoms with Gasteiger partial charge in [0.2, 0.25) is 5.91 Å². The van der Waals surface area contributed by atoms with E-state index in [0.717, 1.165) is 42.6 Å². The van der Waals surface area contributed by atoms with Crippen molar-refractivity contribution < 1.29 is 4.79 Å². The summed E-state index contributed by atoms with van der Waals surface area (Å²) in [4.78, 5) is 27.2. The highest BCUT2D eigenvalue weighted by atomic mass is 32.1. The molecule has 1 aliphatic rings. The number of rotatable bonds is 6. The summed E-state index contributed by atoms with van der Waals surface area (Å²) < 4.78 is 0. The van der Waals surface area contributed by atoms with Crippen molar-refractivity contribution in [3.63, 3.8) is 0 Å². The number of nitrogens with one attached hydrogen (secondary N) is 2. The van der Waals surface area contributed by atoms with Crippen LogP contribution in [0.1, 0.15) is 18.5 Å². The molecule has 0 saturated carbocycles. The summed E-state index contributed by atoms with van der Waals surface area (Å²) in [5.41, 5.74) is 1.06. The normalized spacial score (nSPS) is 15.3. The first-order chi connectivity index (χ1) is 11.7. The number of amides is 1. The van der Waals surface area contributed by atoms with Crippen LogP contribution in [0.25, 0.3) is 0 Å². The lowest BCUT2D eigenvalue weighted by Crippen LogP contribution is -2.41. The number of hydrogen-bond donors (Lipinski definition) is 2. The standard InChI is InChI=1S/C16H22N6OS/c1-12-11-24-16(21-12)22-8-2-13(3-9-22)15(23)20-7-6-19-14-10-17-4-5-18-14/h4-5,10-11,13H,2-3,6-9H2,1H3,(H,18,19)(H,20,23). The van der Waals surface area contributed by atoms with Gasteiger partial charge in [0.1, 0.15) is 5.82 Å². The van der Waals surface area contributed by atoms with Crippen LogP contribution in [0.3, 0.4) is 0 Å². The van der Waals surface area contributed by atoms with Gasteiger partial charge in [0.15, 0.2) is 5.13 Å². The Morgan fingerprint density at radius 3 is 2.83 bits per heavy atom. The molecule has 2 aromatic heterocycles. The first kappa shape index (κ1) is 16.6. The maximum absolute atomic E-state index is 12.3. The van der Waals surface area contributed by atoms with Crippen molar-refractivity contribution in [1.29, 1.82) is 0 Å². The molecule has 1 aliphatic heterocycles. The van der Waals surface area contributed by atoms with Gasteiger partial charge in [-0.25, -0.2) is 9.97 Å². The molecular weight excluding hydrogens is 324 g/mol. The lowest BCUT2D eigenvalue weighted by molar-refractivity contribution is -0.125. The Morgan fingerprint density at radius 2 is 2.17 bits per heavy atom. The van der Waals surface area contributed by atoms with E-state index < -0.39 is 0 Å². The third-order valence-corrected chi connectivity index (χ3v) is 5.06. The van der Waals surface area contributed by atoms with Crippen molar-refractivity contribution in [2.45, 2.75) is 19.8 Å². The maximum Gasteiger partial charge on any atom is 0.223 e. The molecule has 0 radical (unpaired) electrons. The zero-order chi connectivity index (χ0) is 16.8. The Kier molecular flexibility index (Phi) is 5.58. The summed E-state index contributed by atoms with van der Waals surface area (Å²) >= 11 is 1.68. The minimum Gasteiger partial charge on any atom is -0.367 e. The molecule has 0 atom stereocenters. The van der Waals surface area contributed by atoms with Crippen molar-refractivity contribution in [3.8, 4) is 0 Å². The second-order valence-electron chi connectivity index (χ2n) is 5.84. The van der Waals surface area contributed by atoms with E-state index in [1.807, 2.05) is 6.92 Å². The second-order valence-corrected chi connectivity index (χ2v) is 6.68. The summed E-state index contributed by atoms with van der Waals surface area (Å²) in [6, 6.07) is 0. The smallest absolute Gasteiger partial charge is 0.223 e. The van der Waals surface area contributed by atoms with Gasteiger partial charge in [-0.05, 0) is 19.8 Å². The first-order valence-electron chi connectivity index (χ1n) is 8.17. The van der Waals surface area contributed by atoms with Gasteiger partial charge in [0.25, 0.3) is 0 Å². The van der Waals surface area contributed by atoms with E-state index in [2.05, 4.69) is 35.9 Å². The monoisotopic (exact) mass is 346 g/mol. The van der Waals surface area contributed by atoms with E-state index in [0.29, 0.717) is 13.1 Å². The lowest BCUT2D eigenvalue weighted by atomic mass is 9.96. The number of aromatic nitrogens is 3. The summed E-state index contributed by atoms with van der Waals surface area (Å²) in [6.07, 6.45) is 6.69. The van der Waals surface area contributed by atoms with Crippen LogP contribution < -0.4 is 15.5 Å². The van der Waals surface area contributed by atoms with Crippen LogP contribution >= 0.6 is 11.3 Å². The lowest BCUT2D eigenvalue weighted by Gasteiger charge is -2.31. The van der Waals surface area contributed by atoms with Crippen LogP contribution in [-0.4, -0.2) is 47.0 Å². The summed E-state index contributed by atoms with van der Waals surface area (Å²) in [5, 5.41) is 9.27. The maximum atomic E-state index is 12.3. The highest BCUT2D eigenvalue weighted by molar-refractivity contribution is 7.13. The number of thiazole rings is 1. The third kappa shape index (κ3) is 4.41. The van der Waals surface area contributed by atoms with Gasteiger partial charge in [-0.2, -0.15) is 0 Å². The van der Waals surface area contributed by atoms with E-state index in [-0.39, 0.29) is 11.8 Å². The van der Waals surface area contributed by atoms with Crippen LogP contribution in [0.4, 0.5) is 10.9 Å². The van der Waals surface area contributed by atoms with Crippen molar-refractivity contribution in [2.75, 3.05) is 36.4 Å². The minimum absolute atomic E-state index is 0.0961. The molecule has 0 spiro atoms. The van der Waals surface area contributed by atoms with Crippen molar-refractivity contribution >= 4 is 28.2 Å². The van der Waals surface area contributed by atoms with Crippen LogP contribution in [0.5, 0.6) is 0 Å². The van der Waals surface area contributed by atoms with Crippen molar-refractivity contribution in [1.82, 2.24) is 20.3 Å². The molecule has 2 aromatic rings. The fourth-order valence-electron chi connectivity index (χ4n) is 2.73. The molecule has 8 heteroatoms. The Labute approximate surface area is 145 Å². The predicted octanol–water partition coefficient (Wildman–Crippen LogP) is 1.69. The summed E-state index contributed by atoms with van der Waals surface area (Å²) in [5.74, 6) is 0.962. The van der Waals surface area contributed by atoms with Gasteiger partial charge in [0, 0.05) is 49.9 Å². The van der Waals surface area contributed by atoms with Crippen LogP contribution in [-0.2, 0) is 4.79 Å². The zero-order valence-corrected chi connectivity index (χ0v) is 14.6. The molecule has 1 amide bonds. The highest BCUT2D eigenvalue weighted by Crippen LogP contribution is 2.26. The molecule has 0 unspecified atom stereocenters. The molecule has 3 rings (SSSR count). The van der Waals surface area contributed by atoms with Crippen LogP contribution in [0.2, 0.25) is 0 Å². The van der Waals surface area contributed by atoms with Gasteiger partial charge in [0.05, 0.1) is 11.9 Å². The highest BCUT2D eigenvalue weighted by Gasteiger charge is 2.25. The molecule has 1 fully saturated rings.